The zero-order chi connectivity index (χ0) is 16.2. The second kappa shape index (κ2) is 7.87. The van der Waals surface area contributed by atoms with E-state index in [1.165, 1.54) is 11.4 Å². The maximum absolute atomic E-state index is 12.8. The minimum atomic E-state index is -3.26. The van der Waals surface area contributed by atoms with Crippen LogP contribution in [0.4, 0.5) is 0 Å². The number of fused-ring (bicyclic) bond motifs is 1. The van der Waals surface area contributed by atoms with E-state index in [1.54, 1.807) is 19.1 Å². The Kier molecular flexibility index (Phi) is 6.39. The van der Waals surface area contributed by atoms with E-state index in [0.717, 1.165) is 17.5 Å². The number of hydrogen-bond donors (Lipinski definition) is 0. The summed E-state index contributed by atoms with van der Waals surface area (Å²) in [6.45, 7) is 0.847. The van der Waals surface area contributed by atoms with Crippen molar-refractivity contribution in [3.05, 3.63) is 28.8 Å². The smallest absolute Gasteiger partial charge is 0.417 e. The number of carbonyl (C=O) groups excluding carboxylic acids is 1. The fourth-order valence-electron chi connectivity index (χ4n) is 2.40. The maximum Gasteiger partial charge on any atom is 0.440 e. The molecule has 0 saturated carbocycles. The highest BCUT2D eigenvalue weighted by molar-refractivity contribution is 8.55. The van der Waals surface area contributed by atoms with E-state index in [1.807, 2.05) is 6.92 Å². The zero-order valence-electron chi connectivity index (χ0n) is 12.8. The number of alkyl halides is 1. The molecule has 0 heterocycles. The van der Waals surface area contributed by atoms with Gasteiger partial charge in [-0.1, -0.05) is 13.0 Å². The lowest BCUT2D eigenvalue weighted by Gasteiger charge is -2.19. The van der Waals surface area contributed by atoms with Crippen LogP contribution >= 0.6 is 29.8 Å². The van der Waals surface area contributed by atoms with Crippen molar-refractivity contribution in [2.45, 2.75) is 39.0 Å². The minimum absolute atomic E-state index is 0.0727. The Hall–Kier alpha value is -0.480. The van der Waals surface area contributed by atoms with Crippen LogP contribution in [0.5, 0.6) is 5.75 Å². The monoisotopic (exact) mass is 362 g/mol. The molecule has 0 radical (unpaired) electrons. The first kappa shape index (κ1) is 17.9. The lowest BCUT2D eigenvalue weighted by Crippen LogP contribution is -2.02. The van der Waals surface area contributed by atoms with Crippen LogP contribution in [0.2, 0.25) is 0 Å². The van der Waals surface area contributed by atoms with Crippen molar-refractivity contribution in [2.75, 3.05) is 12.4 Å². The van der Waals surface area contributed by atoms with Gasteiger partial charge in [-0.05, 0) is 42.8 Å². The molecule has 0 amide bonds. The molecule has 0 saturated heterocycles. The van der Waals surface area contributed by atoms with Crippen molar-refractivity contribution >= 4 is 35.6 Å². The van der Waals surface area contributed by atoms with Crippen LogP contribution in [0.1, 0.15) is 48.2 Å². The fourth-order valence-corrected chi connectivity index (χ4v) is 6.10. The number of benzene rings is 1. The number of hydrogen-bond acceptors (Lipinski definition) is 5. The lowest BCUT2D eigenvalue weighted by molar-refractivity contribution is 0.0994. The standard InChI is InChI=1S/C15H20ClO4PS/c1-3-9-22-21(18,19-4-2)20-14-8-5-11(10-16)15-12(14)6-7-13(15)17/h5,8H,3-4,6-7,9-10H2,1-2H3. The van der Waals surface area contributed by atoms with Gasteiger partial charge in [-0.3, -0.25) is 9.32 Å². The quantitative estimate of drug-likeness (QED) is 0.468. The molecule has 1 aromatic carbocycles. The number of carbonyl (C=O) groups is 1. The van der Waals surface area contributed by atoms with Crippen LogP contribution in [-0.4, -0.2) is 18.1 Å². The van der Waals surface area contributed by atoms with E-state index in [9.17, 15) is 9.36 Å². The lowest BCUT2D eigenvalue weighted by atomic mass is 10.0. The summed E-state index contributed by atoms with van der Waals surface area (Å²) < 4.78 is 23.9. The maximum atomic E-state index is 12.8. The van der Waals surface area contributed by atoms with Crippen molar-refractivity contribution in [2.24, 2.45) is 0 Å². The normalized spacial score (nSPS) is 16.4. The summed E-state index contributed by atoms with van der Waals surface area (Å²) in [5, 5.41) is 0. The summed E-state index contributed by atoms with van der Waals surface area (Å²) in [4.78, 5) is 12.0. The summed E-state index contributed by atoms with van der Waals surface area (Å²) in [5.74, 6) is 1.53. The van der Waals surface area contributed by atoms with Gasteiger partial charge in [0.2, 0.25) is 0 Å². The molecule has 1 unspecified atom stereocenters. The molecule has 1 aromatic rings. The van der Waals surface area contributed by atoms with Gasteiger partial charge in [0.15, 0.2) is 5.78 Å². The Balaban J connectivity index is 2.33. The highest BCUT2D eigenvalue weighted by Crippen LogP contribution is 2.61. The summed E-state index contributed by atoms with van der Waals surface area (Å²) in [6.07, 6.45) is 1.92. The van der Waals surface area contributed by atoms with Gasteiger partial charge in [-0.15, -0.1) is 11.6 Å². The molecule has 0 spiro atoms. The first-order valence-corrected chi connectivity index (χ1v) is 11.0. The van der Waals surface area contributed by atoms with Crippen LogP contribution < -0.4 is 4.52 Å². The highest BCUT2D eigenvalue weighted by atomic mass is 35.5. The van der Waals surface area contributed by atoms with Crippen molar-refractivity contribution < 1.29 is 18.4 Å². The second-order valence-corrected chi connectivity index (χ2v) is 9.31. The molecule has 0 aromatic heterocycles. The van der Waals surface area contributed by atoms with Crippen LogP contribution in [0.25, 0.3) is 0 Å². The van der Waals surface area contributed by atoms with Crippen LogP contribution in [0.3, 0.4) is 0 Å². The van der Waals surface area contributed by atoms with Crippen molar-refractivity contribution in [1.29, 1.82) is 0 Å². The van der Waals surface area contributed by atoms with E-state index in [4.69, 9.17) is 20.6 Å². The van der Waals surface area contributed by atoms with Gasteiger partial charge in [0, 0.05) is 29.2 Å². The molecule has 1 aliphatic carbocycles. The van der Waals surface area contributed by atoms with Gasteiger partial charge in [-0.2, -0.15) is 0 Å². The molecule has 0 fully saturated rings. The summed E-state index contributed by atoms with van der Waals surface area (Å²) in [5.41, 5.74) is 2.25. The third-order valence-electron chi connectivity index (χ3n) is 3.33. The number of Topliss-reactive ketones (excluding diaryl/α,β-unsaturated/α-hetero) is 1. The van der Waals surface area contributed by atoms with E-state index in [0.29, 0.717) is 36.5 Å². The molecule has 1 aliphatic rings. The second-order valence-electron chi connectivity index (χ2n) is 4.92. The third-order valence-corrected chi connectivity index (χ3v) is 7.56. The molecule has 1 atom stereocenters. The highest BCUT2D eigenvalue weighted by Gasteiger charge is 2.31. The predicted octanol–water partition coefficient (Wildman–Crippen LogP) is 5.22. The van der Waals surface area contributed by atoms with Crippen LogP contribution in [-0.2, 0) is 21.4 Å². The van der Waals surface area contributed by atoms with Gasteiger partial charge in [0.1, 0.15) is 5.75 Å². The Morgan fingerprint density at radius 3 is 2.73 bits per heavy atom. The van der Waals surface area contributed by atoms with Crippen molar-refractivity contribution in [3.8, 4) is 5.75 Å². The molecule has 4 nitrogen and oxygen atoms in total. The van der Waals surface area contributed by atoms with Crippen molar-refractivity contribution in [3.63, 3.8) is 0 Å². The van der Waals surface area contributed by atoms with Crippen LogP contribution in [0.15, 0.2) is 12.1 Å². The van der Waals surface area contributed by atoms with E-state index in [-0.39, 0.29) is 11.7 Å². The van der Waals surface area contributed by atoms with E-state index < -0.39 is 6.80 Å². The zero-order valence-corrected chi connectivity index (χ0v) is 15.2. The van der Waals surface area contributed by atoms with Crippen LogP contribution in [0, 0.1) is 0 Å². The summed E-state index contributed by atoms with van der Waals surface area (Å²) in [6, 6.07) is 3.51. The van der Waals surface area contributed by atoms with Gasteiger partial charge < -0.3 is 4.52 Å². The molecule has 122 valence electrons. The average Bonchev–Trinajstić information content (AvgIpc) is 2.89. The predicted molar refractivity (Wildman–Crippen MR) is 91.3 cm³/mol. The molecule has 0 aliphatic heterocycles. The SMILES string of the molecule is CCCSP(=O)(OCC)Oc1ccc(CCl)c2c1CCC2=O. The fraction of sp³-hybridized carbons (Fsp3) is 0.533. The summed E-state index contributed by atoms with van der Waals surface area (Å²) >= 11 is 7.10. The minimum Gasteiger partial charge on any atom is -0.417 e. The Morgan fingerprint density at radius 1 is 1.32 bits per heavy atom. The number of ketones is 1. The van der Waals surface area contributed by atoms with E-state index >= 15 is 0 Å². The number of halogens is 1. The first-order chi connectivity index (χ1) is 10.5. The van der Waals surface area contributed by atoms with E-state index in [2.05, 4.69) is 0 Å². The van der Waals surface area contributed by atoms with Gasteiger partial charge in [0.25, 0.3) is 0 Å². The topological polar surface area (TPSA) is 52.6 Å². The van der Waals surface area contributed by atoms with Gasteiger partial charge in [-0.25, -0.2) is 4.57 Å². The average molecular weight is 363 g/mol. The van der Waals surface area contributed by atoms with Crippen molar-refractivity contribution in [1.82, 2.24) is 0 Å². The molecular weight excluding hydrogens is 343 g/mol. The Labute approximate surface area is 140 Å². The molecular formula is C15H20ClO4PS. The molecule has 22 heavy (non-hydrogen) atoms. The largest absolute Gasteiger partial charge is 0.440 e. The Morgan fingerprint density at radius 2 is 2.09 bits per heavy atom. The molecule has 7 heteroatoms. The van der Waals surface area contributed by atoms with Gasteiger partial charge >= 0.3 is 6.80 Å². The Bertz CT molecular complexity index is 605. The summed E-state index contributed by atoms with van der Waals surface area (Å²) in [7, 11) is 0. The molecule has 0 N–H and O–H groups in total. The third kappa shape index (κ3) is 3.88. The molecule has 0 bridgehead atoms. The van der Waals surface area contributed by atoms with Gasteiger partial charge in [0.05, 0.1) is 6.61 Å². The molecule has 2 rings (SSSR count). The number of rotatable bonds is 8. The first-order valence-electron chi connectivity index (χ1n) is 7.37.